The van der Waals surface area contributed by atoms with Crippen LogP contribution in [0, 0.1) is 0 Å². The minimum Gasteiger partial charge on any atom is -0.320 e. The van der Waals surface area contributed by atoms with Crippen molar-refractivity contribution in [3.05, 3.63) is 70.6 Å². The van der Waals surface area contributed by atoms with Crippen LogP contribution in [0.2, 0.25) is 5.02 Å². The maximum Gasteiger partial charge on any atom is 0.255 e. The Morgan fingerprint density at radius 1 is 1.11 bits per heavy atom. The number of amides is 1. The molecule has 1 amide bonds. The van der Waals surface area contributed by atoms with Crippen LogP contribution in [-0.4, -0.2) is 27.6 Å². The summed E-state index contributed by atoms with van der Waals surface area (Å²) >= 11 is 7.52. The van der Waals surface area contributed by atoms with E-state index in [0.29, 0.717) is 22.0 Å². The number of anilines is 2. The third-order valence-corrected chi connectivity index (χ3v) is 6.32. The van der Waals surface area contributed by atoms with Crippen LogP contribution in [0.1, 0.15) is 10.4 Å². The van der Waals surface area contributed by atoms with Crippen LogP contribution in [0.15, 0.2) is 60.0 Å². The van der Waals surface area contributed by atoms with Crippen molar-refractivity contribution in [2.24, 2.45) is 0 Å². The number of nitrogens with one attached hydrogen (secondary N) is 1. The van der Waals surface area contributed by atoms with Gasteiger partial charge >= 0.3 is 0 Å². The highest BCUT2D eigenvalue weighted by Gasteiger charge is 2.19. The fraction of sp³-hybridized carbons (Fsp3) is 0.105. The molecule has 1 heterocycles. The van der Waals surface area contributed by atoms with Crippen LogP contribution in [0.5, 0.6) is 0 Å². The van der Waals surface area contributed by atoms with Gasteiger partial charge in [-0.25, -0.2) is 8.42 Å². The van der Waals surface area contributed by atoms with Crippen molar-refractivity contribution in [1.82, 2.24) is 0 Å². The van der Waals surface area contributed by atoms with Crippen molar-refractivity contribution in [1.29, 1.82) is 0 Å². The monoisotopic (exact) mass is 420 g/mol. The van der Waals surface area contributed by atoms with Crippen LogP contribution in [0.4, 0.5) is 11.4 Å². The Kier molecular flexibility index (Phi) is 5.55. The Morgan fingerprint density at radius 2 is 1.89 bits per heavy atom. The second kappa shape index (κ2) is 7.72. The van der Waals surface area contributed by atoms with E-state index in [1.54, 1.807) is 47.7 Å². The Hall–Kier alpha value is -2.35. The van der Waals surface area contributed by atoms with E-state index in [0.717, 1.165) is 21.0 Å². The predicted molar refractivity (Wildman–Crippen MR) is 112 cm³/mol. The van der Waals surface area contributed by atoms with E-state index in [9.17, 15) is 13.2 Å². The third-order valence-electron chi connectivity index (χ3n) is 3.97. The van der Waals surface area contributed by atoms with E-state index in [4.69, 9.17) is 11.6 Å². The van der Waals surface area contributed by atoms with Gasteiger partial charge in [-0.05, 0) is 47.3 Å². The molecule has 1 N–H and O–H groups in total. The van der Waals surface area contributed by atoms with Crippen molar-refractivity contribution in [3.63, 3.8) is 0 Å². The molecule has 0 aliphatic heterocycles. The zero-order valence-electron chi connectivity index (χ0n) is 14.6. The molecular formula is C19H17ClN2O3S2. The lowest BCUT2D eigenvalue weighted by molar-refractivity contribution is 0.102. The van der Waals surface area contributed by atoms with Crippen molar-refractivity contribution < 1.29 is 13.2 Å². The van der Waals surface area contributed by atoms with Crippen molar-refractivity contribution >= 4 is 50.2 Å². The van der Waals surface area contributed by atoms with Crippen LogP contribution >= 0.6 is 22.9 Å². The van der Waals surface area contributed by atoms with E-state index in [2.05, 4.69) is 5.32 Å². The van der Waals surface area contributed by atoms with Gasteiger partial charge in [0.2, 0.25) is 10.0 Å². The molecule has 3 aromatic rings. The maximum atomic E-state index is 12.7. The van der Waals surface area contributed by atoms with E-state index in [1.807, 2.05) is 23.6 Å². The Labute approximate surface area is 167 Å². The first kappa shape index (κ1) is 19.4. The summed E-state index contributed by atoms with van der Waals surface area (Å²) in [6.45, 7) is 0. The van der Waals surface area contributed by atoms with Crippen LogP contribution in [0.3, 0.4) is 0 Å². The lowest BCUT2D eigenvalue weighted by Gasteiger charge is -2.21. The van der Waals surface area contributed by atoms with Gasteiger partial charge in [0.25, 0.3) is 5.91 Å². The van der Waals surface area contributed by atoms with E-state index < -0.39 is 10.0 Å². The highest BCUT2D eigenvalue weighted by Crippen LogP contribution is 2.34. The minimum absolute atomic E-state index is 0.371. The van der Waals surface area contributed by atoms with E-state index in [1.165, 1.54) is 7.05 Å². The fourth-order valence-electron chi connectivity index (χ4n) is 2.51. The minimum atomic E-state index is -3.49. The number of hydrogen-bond acceptors (Lipinski definition) is 4. The molecule has 27 heavy (non-hydrogen) atoms. The predicted octanol–water partition coefficient (Wildman–Crippen LogP) is 4.72. The van der Waals surface area contributed by atoms with Gasteiger partial charge in [-0.15, -0.1) is 11.3 Å². The second-order valence-corrected chi connectivity index (χ2v) is 9.30. The Balaban J connectivity index is 2.04. The SMILES string of the molecule is CN(c1ccc(-c2cccs2)cc1NC(=O)c1cccc(Cl)c1)S(C)(=O)=O. The second-order valence-electron chi connectivity index (χ2n) is 5.90. The number of carbonyl (C=O) groups is 1. The molecule has 0 aliphatic rings. The highest BCUT2D eigenvalue weighted by molar-refractivity contribution is 7.92. The zero-order chi connectivity index (χ0) is 19.6. The van der Waals surface area contributed by atoms with Gasteiger partial charge in [0.1, 0.15) is 0 Å². The number of rotatable bonds is 5. The van der Waals surface area contributed by atoms with Crippen LogP contribution in [-0.2, 0) is 10.0 Å². The number of benzene rings is 2. The summed E-state index contributed by atoms with van der Waals surface area (Å²) in [6, 6.07) is 15.7. The molecular weight excluding hydrogens is 404 g/mol. The fourth-order valence-corrected chi connectivity index (χ4v) is 3.94. The third kappa shape index (κ3) is 4.50. The average molecular weight is 421 g/mol. The molecule has 0 saturated carbocycles. The number of thiophene rings is 1. The van der Waals surface area contributed by atoms with Crippen molar-refractivity contribution in [3.8, 4) is 10.4 Å². The smallest absolute Gasteiger partial charge is 0.255 e. The summed E-state index contributed by atoms with van der Waals surface area (Å²) < 4.78 is 25.1. The molecule has 1 aromatic heterocycles. The standard InChI is InChI=1S/C19H17ClN2O3S2/c1-22(27(2,24)25)17-9-8-13(18-7-4-10-26-18)12-16(17)21-19(23)14-5-3-6-15(20)11-14/h3-12H,1-2H3,(H,21,23). The van der Waals surface area contributed by atoms with Gasteiger partial charge in [0, 0.05) is 22.5 Å². The first-order valence-corrected chi connectivity index (χ1v) is 11.0. The summed E-state index contributed by atoms with van der Waals surface area (Å²) in [5.41, 5.74) is 2.06. The first-order valence-electron chi connectivity index (χ1n) is 7.94. The molecule has 0 atom stereocenters. The summed E-state index contributed by atoms with van der Waals surface area (Å²) in [5.74, 6) is -0.371. The van der Waals surface area contributed by atoms with Gasteiger partial charge in [-0.3, -0.25) is 9.10 Å². The average Bonchev–Trinajstić information content (AvgIpc) is 3.15. The molecule has 0 fully saturated rings. The molecule has 0 saturated heterocycles. The first-order chi connectivity index (χ1) is 12.8. The van der Waals surface area contributed by atoms with Crippen LogP contribution < -0.4 is 9.62 Å². The Bertz CT molecular complexity index is 1080. The summed E-state index contributed by atoms with van der Waals surface area (Å²) in [5, 5.41) is 5.21. The number of sulfonamides is 1. The van der Waals surface area contributed by atoms with Crippen molar-refractivity contribution in [2.45, 2.75) is 0 Å². The molecule has 0 bridgehead atoms. The number of hydrogen-bond donors (Lipinski definition) is 1. The molecule has 0 spiro atoms. The van der Waals surface area contributed by atoms with Gasteiger partial charge in [-0.1, -0.05) is 29.8 Å². The topological polar surface area (TPSA) is 66.5 Å². The zero-order valence-corrected chi connectivity index (χ0v) is 17.0. The molecule has 8 heteroatoms. The summed E-state index contributed by atoms with van der Waals surface area (Å²) in [6.07, 6.45) is 1.11. The van der Waals surface area contributed by atoms with E-state index in [-0.39, 0.29) is 5.91 Å². The largest absolute Gasteiger partial charge is 0.320 e. The molecule has 3 rings (SSSR count). The van der Waals surface area contributed by atoms with Gasteiger partial charge in [0.05, 0.1) is 17.6 Å². The molecule has 5 nitrogen and oxygen atoms in total. The number of halogens is 1. The molecule has 0 aliphatic carbocycles. The van der Waals surface area contributed by atoms with Gasteiger partial charge in [-0.2, -0.15) is 0 Å². The van der Waals surface area contributed by atoms with Crippen LogP contribution in [0.25, 0.3) is 10.4 Å². The maximum absolute atomic E-state index is 12.7. The number of nitrogens with zero attached hydrogens (tertiary/aromatic N) is 1. The lowest BCUT2D eigenvalue weighted by atomic mass is 10.1. The lowest BCUT2D eigenvalue weighted by Crippen LogP contribution is -2.26. The number of carbonyl (C=O) groups excluding carboxylic acids is 1. The van der Waals surface area contributed by atoms with Crippen molar-refractivity contribution in [2.75, 3.05) is 22.9 Å². The summed E-state index contributed by atoms with van der Waals surface area (Å²) in [4.78, 5) is 13.7. The quantitative estimate of drug-likeness (QED) is 0.649. The molecule has 0 unspecified atom stereocenters. The normalized spacial score (nSPS) is 11.2. The Morgan fingerprint density at radius 3 is 2.52 bits per heavy atom. The van der Waals surface area contributed by atoms with Gasteiger partial charge in [0.15, 0.2) is 0 Å². The molecule has 0 radical (unpaired) electrons. The molecule has 2 aromatic carbocycles. The highest BCUT2D eigenvalue weighted by atomic mass is 35.5. The van der Waals surface area contributed by atoms with Gasteiger partial charge < -0.3 is 5.32 Å². The molecule has 140 valence electrons. The summed E-state index contributed by atoms with van der Waals surface area (Å²) in [7, 11) is -2.04. The van der Waals surface area contributed by atoms with E-state index >= 15 is 0 Å².